The summed E-state index contributed by atoms with van der Waals surface area (Å²) in [5.74, 6) is 1.80. The fourth-order valence-corrected chi connectivity index (χ4v) is 5.20. The summed E-state index contributed by atoms with van der Waals surface area (Å²) in [5, 5.41) is 6.03. The number of benzene rings is 1. The number of rotatable bonds is 3. The molecule has 1 aliphatic carbocycles. The minimum Gasteiger partial charge on any atom is -0.494 e. The molecule has 0 saturated heterocycles. The molecule has 0 aliphatic heterocycles. The highest BCUT2D eigenvalue weighted by molar-refractivity contribution is 14.1. The number of ether oxygens (including phenoxy) is 1. The number of methoxy groups -OCH3 is 1. The van der Waals surface area contributed by atoms with E-state index in [0.717, 1.165) is 25.2 Å². The van der Waals surface area contributed by atoms with E-state index >= 15 is 0 Å². The largest absolute Gasteiger partial charge is 0.494 e. The third-order valence-electron chi connectivity index (χ3n) is 4.64. The van der Waals surface area contributed by atoms with E-state index in [1.54, 1.807) is 7.11 Å². The Morgan fingerprint density at radius 1 is 1.38 bits per heavy atom. The zero-order chi connectivity index (χ0) is 15.0. The number of hydrogen-bond donors (Lipinski definition) is 0. The molecule has 21 heavy (non-hydrogen) atoms. The van der Waals surface area contributed by atoms with Gasteiger partial charge in [0.15, 0.2) is 0 Å². The van der Waals surface area contributed by atoms with Gasteiger partial charge in [-0.25, -0.2) is 0 Å². The van der Waals surface area contributed by atoms with E-state index in [0.29, 0.717) is 6.04 Å². The van der Waals surface area contributed by atoms with Crippen LogP contribution in [0.4, 0.5) is 0 Å². The van der Waals surface area contributed by atoms with Gasteiger partial charge in [-0.3, -0.25) is 4.68 Å². The number of hydrogen-bond acceptors (Lipinski definition) is 2. The second-order valence-corrected chi connectivity index (χ2v) is 7.77. The molecule has 1 saturated carbocycles. The first-order valence-electron chi connectivity index (χ1n) is 7.54. The maximum Gasteiger partial charge on any atom is 0.148 e. The van der Waals surface area contributed by atoms with Crippen LogP contribution in [0.5, 0.6) is 5.75 Å². The number of nitrogens with zero attached hydrogens (tertiary/aromatic N) is 2. The van der Waals surface area contributed by atoms with Gasteiger partial charge in [-0.15, -0.1) is 0 Å². The van der Waals surface area contributed by atoms with Crippen LogP contribution >= 0.6 is 38.5 Å². The average Bonchev–Trinajstić information content (AvgIpc) is 2.92. The summed E-state index contributed by atoms with van der Waals surface area (Å²) in [5.41, 5.74) is 1.05. The molecule has 1 aromatic heterocycles. The molecule has 5 heteroatoms. The molecule has 0 radical (unpaired) electrons. The van der Waals surface area contributed by atoms with Crippen molar-refractivity contribution in [3.63, 3.8) is 0 Å². The molecule has 0 spiro atoms. The molecule has 0 N–H and O–H groups in total. The van der Waals surface area contributed by atoms with E-state index in [2.05, 4.69) is 62.4 Å². The van der Waals surface area contributed by atoms with Gasteiger partial charge >= 0.3 is 0 Å². The molecular formula is C16H20BrIN2O. The monoisotopic (exact) mass is 462 g/mol. The average molecular weight is 463 g/mol. The van der Waals surface area contributed by atoms with Gasteiger partial charge in [0.1, 0.15) is 11.3 Å². The summed E-state index contributed by atoms with van der Waals surface area (Å²) in [7, 11) is 1.71. The lowest BCUT2D eigenvalue weighted by molar-refractivity contribution is 0.257. The van der Waals surface area contributed by atoms with Crippen LogP contribution in [0.15, 0.2) is 16.7 Å². The quantitative estimate of drug-likeness (QED) is 0.559. The molecule has 1 aromatic carbocycles. The number of fused-ring (bicyclic) bond motifs is 1. The van der Waals surface area contributed by atoms with E-state index in [1.807, 2.05) is 0 Å². The van der Waals surface area contributed by atoms with Crippen LogP contribution in [0.25, 0.3) is 10.9 Å². The predicted octanol–water partition coefficient (Wildman–Crippen LogP) is 5.55. The lowest BCUT2D eigenvalue weighted by Crippen LogP contribution is -2.18. The molecular weight excluding hydrogens is 443 g/mol. The summed E-state index contributed by atoms with van der Waals surface area (Å²) < 4.78 is 9.73. The van der Waals surface area contributed by atoms with Crippen molar-refractivity contribution in [2.75, 3.05) is 7.11 Å². The van der Waals surface area contributed by atoms with Gasteiger partial charge in [-0.05, 0) is 76.2 Å². The van der Waals surface area contributed by atoms with E-state index in [9.17, 15) is 0 Å². The van der Waals surface area contributed by atoms with E-state index in [-0.39, 0.29) is 0 Å². The molecule has 3 nitrogen and oxygen atoms in total. The molecule has 1 aliphatic rings. The zero-order valence-electron chi connectivity index (χ0n) is 12.4. The third-order valence-corrected chi connectivity index (χ3v) is 6.23. The Morgan fingerprint density at radius 2 is 2.10 bits per heavy atom. The van der Waals surface area contributed by atoms with Crippen molar-refractivity contribution in [1.29, 1.82) is 0 Å². The van der Waals surface area contributed by atoms with Gasteiger partial charge in [0, 0.05) is 11.6 Å². The summed E-state index contributed by atoms with van der Waals surface area (Å²) in [6.07, 6.45) is 8.68. The minimum absolute atomic E-state index is 0.556. The lowest BCUT2D eigenvalue weighted by atomic mass is 9.85. The maximum atomic E-state index is 5.46. The van der Waals surface area contributed by atoms with Gasteiger partial charge in [0.2, 0.25) is 0 Å². The summed E-state index contributed by atoms with van der Waals surface area (Å²) in [4.78, 5) is 0. The molecule has 0 bridgehead atoms. The highest BCUT2D eigenvalue weighted by Gasteiger charge is 2.23. The SMILES string of the molecule is CC[C@H]1CC[C@H](n2cc3cc(Br)c(OC)c(I)c3n2)CC1. The Morgan fingerprint density at radius 3 is 2.71 bits per heavy atom. The molecule has 114 valence electrons. The second kappa shape index (κ2) is 6.44. The fourth-order valence-electron chi connectivity index (χ4n) is 3.29. The van der Waals surface area contributed by atoms with Crippen LogP contribution in [-0.2, 0) is 0 Å². The normalized spacial score (nSPS) is 22.7. The van der Waals surface area contributed by atoms with Crippen molar-refractivity contribution in [2.45, 2.75) is 45.1 Å². The Bertz CT molecular complexity index is 647. The molecule has 1 heterocycles. The Balaban J connectivity index is 1.93. The standard InChI is InChI=1S/C16H20BrIN2O/c1-3-10-4-6-12(7-5-10)20-9-11-8-13(17)16(21-2)14(18)15(11)19-20/h8-10,12H,3-7H2,1-2H3/t10-,12-. The predicted molar refractivity (Wildman–Crippen MR) is 98.0 cm³/mol. The van der Waals surface area contributed by atoms with Gasteiger partial charge in [0.05, 0.1) is 21.2 Å². The first kappa shape index (κ1) is 15.6. The smallest absolute Gasteiger partial charge is 0.148 e. The minimum atomic E-state index is 0.556. The number of aromatic nitrogens is 2. The lowest BCUT2D eigenvalue weighted by Gasteiger charge is -2.27. The fraction of sp³-hybridized carbons (Fsp3) is 0.562. The van der Waals surface area contributed by atoms with E-state index in [1.165, 1.54) is 37.5 Å². The maximum absolute atomic E-state index is 5.46. The van der Waals surface area contributed by atoms with Crippen LogP contribution in [0, 0.1) is 9.49 Å². The zero-order valence-corrected chi connectivity index (χ0v) is 16.1. The Hall–Kier alpha value is -0.300. The van der Waals surface area contributed by atoms with Crippen molar-refractivity contribution in [3.05, 3.63) is 20.3 Å². The molecule has 0 amide bonds. The van der Waals surface area contributed by atoms with Crippen molar-refractivity contribution in [3.8, 4) is 5.75 Å². The topological polar surface area (TPSA) is 27.1 Å². The number of halogens is 2. The van der Waals surface area contributed by atoms with Gasteiger partial charge < -0.3 is 4.74 Å². The highest BCUT2D eigenvalue weighted by Crippen LogP contribution is 2.38. The van der Waals surface area contributed by atoms with Gasteiger partial charge in [-0.1, -0.05) is 13.3 Å². The van der Waals surface area contributed by atoms with Gasteiger partial charge in [-0.2, -0.15) is 5.10 Å². The second-order valence-electron chi connectivity index (χ2n) is 5.84. The van der Waals surface area contributed by atoms with Crippen LogP contribution in [0.2, 0.25) is 0 Å². The molecule has 2 aromatic rings. The first-order valence-corrected chi connectivity index (χ1v) is 9.42. The highest BCUT2D eigenvalue weighted by atomic mass is 127. The Kier molecular flexibility index (Phi) is 4.78. The van der Waals surface area contributed by atoms with Crippen molar-refractivity contribution in [1.82, 2.24) is 9.78 Å². The van der Waals surface area contributed by atoms with Gasteiger partial charge in [0.25, 0.3) is 0 Å². The first-order chi connectivity index (χ1) is 10.1. The van der Waals surface area contributed by atoms with Crippen molar-refractivity contribution >= 4 is 49.4 Å². The van der Waals surface area contributed by atoms with E-state index in [4.69, 9.17) is 9.84 Å². The third kappa shape index (κ3) is 2.96. The summed E-state index contributed by atoms with van der Waals surface area (Å²) >= 11 is 5.91. The summed E-state index contributed by atoms with van der Waals surface area (Å²) in [6.45, 7) is 2.30. The molecule has 3 rings (SSSR count). The van der Waals surface area contributed by atoms with Crippen LogP contribution in [0.1, 0.15) is 45.1 Å². The van der Waals surface area contributed by atoms with Crippen LogP contribution in [0.3, 0.4) is 0 Å². The molecule has 0 unspecified atom stereocenters. The van der Waals surface area contributed by atoms with E-state index < -0.39 is 0 Å². The van der Waals surface area contributed by atoms with Crippen LogP contribution < -0.4 is 4.74 Å². The van der Waals surface area contributed by atoms with Crippen LogP contribution in [-0.4, -0.2) is 16.9 Å². The summed E-state index contributed by atoms with van der Waals surface area (Å²) in [6, 6.07) is 2.66. The Labute approximate surface area is 147 Å². The van der Waals surface area contributed by atoms with Crippen molar-refractivity contribution < 1.29 is 4.74 Å². The molecule has 1 fully saturated rings. The molecule has 0 atom stereocenters. The van der Waals surface area contributed by atoms with Crippen molar-refractivity contribution in [2.24, 2.45) is 5.92 Å².